The first-order valence-electron chi connectivity index (χ1n) is 7.99. The van der Waals surface area contributed by atoms with E-state index in [-0.39, 0.29) is 12.5 Å². The van der Waals surface area contributed by atoms with Crippen LogP contribution in [0.4, 0.5) is 0 Å². The monoisotopic (exact) mass is 307 g/mol. The minimum Gasteiger partial charge on any atom is -0.375 e. The van der Waals surface area contributed by atoms with Crippen LogP contribution in [0.2, 0.25) is 0 Å². The third-order valence-electron chi connectivity index (χ3n) is 5.07. The van der Waals surface area contributed by atoms with Gasteiger partial charge in [0, 0.05) is 38.9 Å². The number of aryl methyl sites for hydroxylation is 2. The molecule has 0 aromatic carbocycles. The van der Waals surface area contributed by atoms with Crippen molar-refractivity contribution in [2.75, 3.05) is 39.9 Å². The molecule has 1 aromatic heterocycles. The number of aromatic nitrogens is 1. The Bertz CT molecular complexity index is 523. The quantitative estimate of drug-likeness (QED) is 0.837. The predicted molar refractivity (Wildman–Crippen MR) is 81.3 cm³/mol. The van der Waals surface area contributed by atoms with Crippen LogP contribution in [-0.4, -0.2) is 60.8 Å². The molecule has 0 N–H and O–H groups in total. The number of rotatable bonds is 4. The molecule has 0 bridgehead atoms. The van der Waals surface area contributed by atoms with E-state index >= 15 is 0 Å². The van der Waals surface area contributed by atoms with Crippen molar-refractivity contribution in [3.8, 4) is 0 Å². The summed E-state index contributed by atoms with van der Waals surface area (Å²) in [5.74, 6) is 2.26. The second kappa shape index (κ2) is 6.38. The maximum absolute atomic E-state index is 12.0. The minimum absolute atomic E-state index is 0.120. The molecule has 6 heteroatoms. The van der Waals surface area contributed by atoms with Crippen LogP contribution in [0.25, 0.3) is 0 Å². The molecule has 0 spiro atoms. The molecule has 0 radical (unpaired) electrons. The van der Waals surface area contributed by atoms with Gasteiger partial charge in [0.25, 0.3) is 0 Å². The first-order chi connectivity index (χ1) is 10.6. The Morgan fingerprint density at radius 1 is 1.32 bits per heavy atom. The van der Waals surface area contributed by atoms with Gasteiger partial charge in [-0.15, -0.1) is 0 Å². The van der Waals surface area contributed by atoms with Gasteiger partial charge in [0.15, 0.2) is 0 Å². The predicted octanol–water partition coefficient (Wildman–Crippen LogP) is 1.22. The van der Waals surface area contributed by atoms with Crippen molar-refractivity contribution >= 4 is 5.91 Å². The van der Waals surface area contributed by atoms with Crippen molar-refractivity contribution in [3.05, 3.63) is 17.0 Å². The molecule has 0 aliphatic carbocycles. The highest BCUT2D eigenvalue weighted by atomic mass is 16.5. The smallest absolute Gasteiger partial charge is 0.248 e. The van der Waals surface area contributed by atoms with E-state index in [2.05, 4.69) is 10.1 Å². The summed E-state index contributed by atoms with van der Waals surface area (Å²) in [6.07, 6.45) is 1.16. The maximum Gasteiger partial charge on any atom is 0.248 e. The highest BCUT2D eigenvalue weighted by Crippen LogP contribution is 2.32. The lowest BCUT2D eigenvalue weighted by Gasteiger charge is -2.34. The van der Waals surface area contributed by atoms with Crippen molar-refractivity contribution in [1.29, 1.82) is 0 Å². The standard InChI is InChI=1S/C16H25N3O3/c1-11-15(12(2)22-17-11)9-18-5-4-13-7-19(8-14(13)6-18)16(20)10-21-3/h13-14H,4-10H2,1-3H3/t13-,14-/m0/s1. The number of nitrogens with zero attached hydrogens (tertiary/aromatic N) is 3. The average molecular weight is 307 g/mol. The van der Waals surface area contributed by atoms with Gasteiger partial charge in [0.05, 0.1) is 5.69 Å². The number of hydrogen-bond donors (Lipinski definition) is 0. The summed E-state index contributed by atoms with van der Waals surface area (Å²) in [6.45, 7) is 8.96. The fourth-order valence-corrected chi connectivity index (χ4v) is 3.76. The number of methoxy groups -OCH3 is 1. The molecule has 122 valence electrons. The summed E-state index contributed by atoms with van der Waals surface area (Å²) in [5, 5.41) is 4.04. The number of hydrogen-bond acceptors (Lipinski definition) is 5. The maximum atomic E-state index is 12.0. The lowest BCUT2D eigenvalue weighted by molar-refractivity contribution is -0.134. The van der Waals surface area contributed by atoms with Gasteiger partial charge >= 0.3 is 0 Å². The van der Waals surface area contributed by atoms with Crippen molar-refractivity contribution < 1.29 is 14.1 Å². The molecule has 0 unspecified atom stereocenters. The molecule has 2 aliphatic heterocycles. The van der Waals surface area contributed by atoms with Crippen molar-refractivity contribution in [1.82, 2.24) is 15.0 Å². The van der Waals surface area contributed by atoms with Crippen molar-refractivity contribution in [3.63, 3.8) is 0 Å². The Morgan fingerprint density at radius 3 is 2.77 bits per heavy atom. The highest BCUT2D eigenvalue weighted by Gasteiger charge is 2.38. The second-order valence-corrected chi connectivity index (χ2v) is 6.58. The lowest BCUT2D eigenvalue weighted by atomic mass is 9.88. The van der Waals surface area contributed by atoms with Gasteiger partial charge in [0.2, 0.25) is 5.91 Å². The molecule has 2 atom stereocenters. The first kappa shape index (κ1) is 15.5. The van der Waals surface area contributed by atoms with Gasteiger partial charge in [-0.2, -0.15) is 0 Å². The molecular formula is C16H25N3O3. The molecule has 2 fully saturated rings. The van der Waals surface area contributed by atoms with E-state index in [4.69, 9.17) is 9.26 Å². The summed E-state index contributed by atoms with van der Waals surface area (Å²) in [4.78, 5) is 16.4. The van der Waals surface area contributed by atoms with Crippen LogP contribution in [0.15, 0.2) is 4.52 Å². The zero-order valence-electron chi connectivity index (χ0n) is 13.7. The molecule has 2 saturated heterocycles. The molecular weight excluding hydrogens is 282 g/mol. The molecule has 0 saturated carbocycles. The summed E-state index contributed by atoms with van der Waals surface area (Å²) < 4.78 is 10.2. The first-order valence-corrected chi connectivity index (χ1v) is 7.99. The molecule has 22 heavy (non-hydrogen) atoms. The summed E-state index contributed by atoms with van der Waals surface area (Å²) in [7, 11) is 1.58. The third-order valence-corrected chi connectivity index (χ3v) is 5.07. The summed E-state index contributed by atoms with van der Waals surface area (Å²) >= 11 is 0. The fraction of sp³-hybridized carbons (Fsp3) is 0.750. The van der Waals surface area contributed by atoms with Crippen LogP contribution < -0.4 is 0 Å². The molecule has 3 heterocycles. The van der Waals surface area contributed by atoms with Crippen LogP contribution >= 0.6 is 0 Å². The summed E-state index contributed by atoms with van der Waals surface area (Å²) in [6, 6.07) is 0. The van der Waals surface area contributed by atoms with Crippen LogP contribution in [0.1, 0.15) is 23.4 Å². The number of likely N-dealkylation sites (tertiary alicyclic amines) is 2. The van der Waals surface area contributed by atoms with E-state index in [1.54, 1.807) is 7.11 Å². The van der Waals surface area contributed by atoms with E-state index in [9.17, 15) is 4.79 Å². The number of carbonyl (C=O) groups is 1. The van der Waals surface area contributed by atoms with E-state index in [1.165, 1.54) is 5.56 Å². The normalized spacial score (nSPS) is 25.5. The minimum atomic E-state index is 0.120. The van der Waals surface area contributed by atoms with Gasteiger partial charge in [-0.05, 0) is 38.6 Å². The average Bonchev–Trinajstić information content (AvgIpc) is 3.05. The van der Waals surface area contributed by atoms with E-state index in [0.717, 1.165) is 50.6 Å². The van der Waals surface area contributed by atoms with Crippen LogP contribution in [0.5, 0.6) is 0 Å². The van der Waals surface area contributed by atoms with Gasteiger partial charge in [-0.3, -0.25) is 9.69 Å². The molecule has 2 aliphatic rings. The van der Waals surface area contributed by atoms with E-state index in [1.807, 2.05) is 18.7 Å². The fourth-order valence-electron chi connectivity index (χ4n) is 3.76. The molecule has 6 nitrogen and oxygen atoms in total. The van der Waals surface area contributed by atoms with E-state index < -0.39 is 0 Å². The van der Waals surface area contributed by atoms with Gasteiger partial charge in [0.1, 0.15) is 12.4 Å². The van der Waals surface area contributed by atoms with Crippen LogP contribution in [0, 0.1) is 25.7 Å². The number of piperidine rings is 1. The van der Waals surface area contributed by atoms with Gasteiger partial charge in [-0.1, -0.05) is 5.16 Å². The molecule has 1 aromatic rings. The number of carbonyl (C=O) groups excluding carboxylic acids is 1. The summed E-state index contributed by atoms with van der Waals surface area (Å²) in [5.41, 5.74) is 2.20. The van der Waals surface area contributed by atoms with Crippen LogP contribution in [-0.2, 0) is 16.1 Å². The lowest BCUT2D eigenvalue weighted by Crippen LogP contribution is -2.39. The largest absolute Gasteiger partial charge is 0.375 e. The Hall–Kier alpha value is -1.40. The third kappa shape index (κ3) is 3.03. The Balaban J connectivity index is 1.59. The van der Waals surface area contributed by atoms with Crippen molar-refractivity contribution in [2.45, 2.75) is 26.8 Å². The number of fused-ring (bicyclic) bond motifs is 1. The number of amides is 1. The zero-order valence-corrected chi connectivity index (χ0v) is 13.7. The van der Waals surface area contributed by atoms with E-state index in [0.29, 0.717) is 11.8 Å². The molecule has 1 amide bonds. The Morgan fingerprint density at radius 2 is 2.09 bits per heavy atom. The highest BCUT2D eigenvalue weighted by molar-refractivity contribution is 5.77. The number of ether oxygens (including phenoxy) is 1. The molecule has 3 rings (SSSR count). The zero-order chi connectivity index (χ0) is 15.7. The SMILES string of the molecule is COCC(=O)N1C[C@@H]2CCN(Cc3c(C)noc3C)C[C@H]2C1. The van der Waals surface area contributed by atoms with Crippen LogP contribution in [0.3, 0.4) is 0 Å². The topological polar surface area (TPSA) is 58.8 Å². The Kier molecular flexibility index (Phi) is 4.49. The second-order valence-electron chi connectivity index (χ2n) is 6.58. The Labute approximate surface area is 131 Å². The van der Waals surface area contributed by atoms with Gasteiger partial charge < -0.3 is 14.2 Å². The van der Waals surface area contributed by atoms with Crippen molar-refractivity contribution in [2.24, 2.45) is 11.8 Å². The van der Waals surface area contributed by atoms with Gasteiger partial charge in [-0.25, -0.2) is 0 Å².